The Hall–Kier alpha value is -1.06. The first kappa shape index (κ1) is 13.4. The molecule has 1 fully saturated rings. The van der Waals surface area contributed by atoms with Crippen LogP contribution in [0.2, 0.25) is 0 Å². The third kappa shape index (κ3) is 3.47. The molecular weight excluding hydrogens is 224 g/mol. The van der Waals surface area contributed by atoms with Gasteiger partial charge in [0.25, 0.3) is 0 Å². The minimum atomic E-state index is 0.587. The maximum Gasteiger partial charge on any atom is 0.119 e. The summed E-state index contributed by atoms with van der Waals surface area (Å²) in [6.45, 7) is 10.5. The van der Waals surface area contributed by atoms with Crippen LogP contribution < -0.4 is 10.1 Å². The predicted octanol–water partition coefficient (Wildman–Crippen LogP) is 2.27. The van der Waals surface area contributed by atoms with Crippen molar-refractivity contribution >= 4 is 0 Å². The van der Waals surface area contributed by atoms with Gasteiger partial charge >= 0.3 is 0 Å². The lowest BCUT2D eigenvalue weighted by atomic mass is 10.1. The summed E-state index contributed by atoms with van der Waals surface area (Å²) in [6.07, 6.45) is 0. The van der Waals surface area contributed by atoms with Gasteiger partial charge in [-0.15, -0.1) is 0 Å². The highest BCUT2D eigenvalue weighted by molar-refractivity contribution is 5.27. The van der Waals surface area contributed by atoms with Crippen LogP contribution in [0, 0.1) is 0 Å². The Bertz CT molecular complexity index is 363. The molecule has 2 atom stereocenters. The van der Waals surface area contributed by atoms with Gasteiger partial charge in [-0.05, 0) is 38.5 Å². The molecule has 18 heavy (non-hydrogen) atoms. The van der Waals surface area contributed by atoms with Gasteiger partial charge in [0.1, 0.15) is 5.75 Å². The lowest BCUT2D eigenvalue weighted by Gasteiger charge is -2.37. The normalized spacial score (nSPS) is 25.1. The van der Waals surface area contributed by atoms with E-state index >= 15 is 0 Å². The average Bonchev–Trinajstić information content (AvgIpc) is 2.37. The largest absolute Gasteiger partial charge is 0.494 e. The molecule has 1 heterocycles. The van der Waals surface area contributed by atoms with Crippen molar-refractivity contribution in [1.82, 2.24) is 10.2 Å². The van der Waals surface area contributed by atoms with E-state index in [1.807, 2.05) is 6.92 Å². The Morgan fingerprint density at radius 2 is 2.00 bits per heavy atom. The van der Waals surface area contributed by atoms with Crippen molar-refractivity contribution in [2.45, 2.75) is 39.4 Å². The fraction of sp³-hybridized carbons (Fsp3) is 0.600. The zero-order valence-corrected chi connectivity index (χ0v) is 11.6. The highest BCUT2D eigenvalue weighted by Crippen LogP contribution is 2.16. The lowest BCUT2D eigenvalue weighted by molar-refractivity contribution is 0.139. The molecule has 1 aromatic rings. The molecule has 1 aromatic carbocycles. The number of ether oxygens (including phenoxy) is 1. The summed E-state index contributed by atoms with van der Waals surface area (Å²) in [4.78, 5) is 2.54. The van der Waals surface area contributed by atoms with Crippen molar-refractivity contribution in [3.8, 4) is 5.75 Å². The highest BCUT2D eigenvalue weighted by Gasteiger charge is 2.21. The number of rotatable bonds is 4. The van der Waals surface area contributed by atoms with Gasteiger partial charge in [0.15, 0.2) is 0 Å². The first-order valence-electron chi connectivity index (χ1n) is 6.88. The molecule has 0 aliphatic carbocycles. The zero-order valence-electron chi connectivity index (χ0n) is 11.6. The van der Waals surface area contributed by atoms with Crippen LogP contribution >= 0.6 is 0 Å². The van der Waals surface area contributed by atoms with Crippen LogP contribution in [0.4, 0.5) is 0 Å². The maximum absolute atomic E-state index is 5.47. The van der Waals surface area contributed by atoms with Gasteiger partial charge in [0.2, 0.25) is 0 Å². The molecule has 0 amide bonds. The second-order valence-corrected chi connectivity index (χ2v) is 5.16. The summed E-state index contributed by atoms with van der Waals surface area (Å²) >= 11 is 0. The Balaban J connectivity index is 1.95. The van der Waals surface area contributed by atoms with E-state index in [-0.39, 0.29) is 0 Å². The van der Waals surface area contributed by atoms with Crippen LogP contribution in [0.3, 0.4) is 0 Å². The summed E-state index contributed by atoms with van der Waals surface area (Å²) < 4.78 is 5.47. The first-order valence-corrected chi connectivity index (χ1v) is 6.88. The number of piperazine rings is 1. The molecule has 0 aromatic heterocycles. The molecule has 3 nitrogen and oxygen atoms in total. The molecule has 0 radical (unpaired) electrons. The van der Waals surface area contributed by atoms with E-state index in [1.54, 1.807) is 0 Å². The van der Waals surface area contributed by atoms with Crippen LogP contribution in [0.1, 0.15) is 26.3 Å². The number of hydrogen-bond acceptors (Lipinski definition) is 3. The van der Waals surface area contributed by atoms with E-state index in [0.29, 0.717) is 12.1 Å². The molecule has 0 saturated carbocycles. The van der Waals surface area contributed by atoms with E-state index in [1.165, 1.54) is 5.56 Å². The fourth-order valence-corrected chi connectivity index (χ4v) is 2.41. The van der Waals surface area contributed by atoms with Gasteiger partial charge in [-0.2, -0.15) is 0 Å². The number of benzene rings is 1. The van der Waals surface area contributed by atoms with Crippen LogP contribution in [-0.2, 0) is 6.54 Å². The van der Waals surface area contributed by atoms with Crippen molar-refractivity contribution in [2.24, 2.45) is 0 Å². The van der Waals surface area contributed by atoms with Crippen molar-refractivity contribution in [2.75, 3.05) is 19.7 Å². The number of nitrogens with one attached hydrogen (secondary N) is 1. The smallest absolute Gasteiger partial charge is 0.119 e. The molecule has 3 heteroatoms. The van der Waals surface area contributed by atoms with E-state index in [0.717, 1.165) is 32.0 Å². The molecule has 0 spiro atoms. The van der Waals surface area contributed by atoms with Crippen molar-refractivity contribution in [3.05, 3.63) is 29.8 Å². The molecule has 1 N–H and O–H groups in total. The Morgan fingerprint density at radius 3 is 2.67 bits per heavy atom. The summed E-state index contributed by atoms with van der Waals surface area (Å²) in [5, 5.41) is 3.51. The van der Waals surface area contributed by atoms with Crippen LogP contribution in [0.15, 0.2) is 24.3 Å². The molecule has 100 valence electrons. The van der Waals surface area contributed by atoms with Crippen LogP contribution in [0.25, 0.3) is 0 Å². The van der Waals surface area contributed by atoms with Crippen molar-refractivity contribution in [1.29, 1.82) is 0 Å². The maximum atomic E-state index is 5.47. The third-order valence-electron chi connectivity index (χ3n) is 3.51. The third-order valence-corrected chi connectivity index (χ3v) is 3.51. The summed E-state index contributed by atoms with van der Waals surface area (Å²) in [6, 6.07) is 9.66. The van der Waals surface area contributed by atoms with Gasteiger partial charge < -0.3 is 10.1 Å². The summed E-state index contributed by atoms with van der Waals surface area (Å²) in [7, 11) is 0. The monoisotopic (exact) mass is 248 g/mol. The molecule has 1 saturated heterocycles. The summed E-state index contributed by atoms with van der Waals surface area (Å²) in [5.74, 6) is 0.961. The zero-order chi connectivity index (χ0) is 13.0. The number of nitrogens with zero attached hydrogens (tertiary/aromatic N) is 1. The second-order valence-electron chi connectivity index (χ2n) is 5.16. The van der Waals surface area contributed by atoms with Crippen LogP contribution in [0.5, 0.6) is 5.75 Å². The molecule has 0 bridgehead atoms. The molecular formula is C15H24N2O. The van der Waals surface area contributed by atoms with Crippen molar-refractivity contribution in [3.63, 3.8) is 0 Å². The Morgan fingerprint density at radius 1 is 1.28 bits per heavy atom. The van der Waals surface area contributed by atoms with E-state index in [2.05, 4.69) is 48.3 Å². The Kier molecular flexibility index (Phi) is 4.61. The van der Waals surface area contributed by atoms with E-state index in [4.69, 9.17) is 4.74 Å². The van der Waals surface area contributed by atoms with Gasteiger partial charge in [-0.3, -0.25) is 4.90 Å². The number of hydrogen-bond donors (Lipinski definition) is 1. The lowest BCUT2D eigenvalue weighted by Crippen LogP contribution is -2.53. The van der Waals surface area contributed by atoms with E-state index < -0.39 is 0 Å². The average molecular weight is 248 g/mol. The second kappa shape index (κ2) is 6.21. The van der Waals surface area contributed by atoms with Crippen molar-refractivity contribution < 1.29 is 4.74 Å². The topological polar surface area (TPSA) is 24.5 Å². The molecule has 2 unspecified atom stereocenters. The predicted molar refractivity (Wildman–Crippen MR) is 74.9 cm³/mol. The molecule has 1 aliphatic heterocycles. The quantitative estimate of drug-likeness (QED) is 0.884. The summed E-state index contributed by atoms with van der Waals surface area (Å²) in [5.41, 5.74) is 1.36. The van der Waals surface area contributed by atoms with Crippen LogP contribution in [-0.4, -0.2) is 36.7 Å². The highest BCUT2D eigenvalue weighted by atomic mass is 16.5. The van der Waals surface area contributed by atoms with Gasteiger partial charge in [0, 0.05) is 31.7 Å². The van der Waals surface area contributed by atoms with Gasteiger partial charge in [-0.1, -0.05) is 12.1 Å². The molecule has 1 aliphatic rings. The Labute approximate surface area is 110 Å². The van der Waals surface area contributed by atoms with E-state index in [9.17, 15) is 0 Å². The standard InChI is InChI=1S/C15H24N2O/c1-4-18-15-7-5-14(6-8-15)11-17-10-12(2)16-9-13(17)3/h5-8,12-13,16H,4,9-11H2,1-3H3. The first-order chi connectivity index (χ1) is 8.69. The minimum Gasteiger partial charge on any atom is -0.494 e. The fourth-order valence-electron chi connectivity index (χ4n) is 2.41. The van der Waals surface area contributed by atoms with Gasteiger partial charge in [0.05, 0.1) is 6.61 Å². The molecule has 2 rings (SSSR count). The minimum absolute atomic E-state index is 0.587. The van der Waals surface area contributed by atoms with Gasteiger partial charge in [-0.25, -0.2) is 0 Å². The SMILES string of the molecule is CCOc1ccc(CN2CC(C)NCC2C)cc1.